The van der Waals surface area contributed by atoms with E-state index in [9.17, 15) is 13.2 Å². The first-order valence-corrected chi connectivity index (χ1v) is 7.21. The van der Waals surface area contributed by atoms with Crippen LogP contribution in [0.4, 0.5) is 0 Å². The third-order valence-corrected chi connectivity index (χ3v) is 4.77. The van der Waals surface area contributed by atoms with Crippen LogP contribution in [0.25, 0.3) is 0 Å². The van der Waals surface area contributed by atoms with Crippen LogP contribution in [-0.4, -0.2) is 56.5 Å². The minimum Gasteiger partial charge on any atom is -0.469 e. The average molecular weight is 249 g/mol. The molecule has 0 spiro atoms. The van der Waals surface area contributed by atoms with Crippen LogP contribution in [0.15, 0.2) is 0 Å². The Morgan fingerprint density at radius 2 is 2.19 bits per heavy atom. The van der Waals surface area contributed by atoms with E-state index in [1.807, 2.05) is 13.8 Å². The number of hydrogen-bond donors (Lipinski definition) is 0. The van der Waals surface area contributed by atoms with Crippen molar-refractivity contribution in [3.8, 4) is 0 Å². The predicted octanol–water partition coefficient (Wildman–Crippen LogP) is 0.0569. The molecule has 1 saturated heterocycles. The first kappa shape index (κ1) is 13.4. The van der Waals surface area contributed by atoms with Gasteiger partial charge in [-0.15, -0.1) is 0 Å². The smallest absolute Gasteiger partial charge is 0.307 e. The van der Waals surface area contributed by atoms with Crippen LogP contribution in [0.3, 0.4) is 0 Å². The third kappa shape index (κ3) is 3.45. The molecule has 0 aliphatic carbocycles. The van der Waals surface area contributed by atoms with E-state index >= 15 is 0 Å². The normalized spacial score (nSPS) is 27.3. The van der Waals surface area contributed by atoms with Crippen molar-refractivity contribution in [2.75, 3.05) is 25.2 Å². The third-order valence-electron chi connectivity index (χ3n) is 2.98. The van der Waals surface area contributed by atoms with E-state index in [1.54, 1.807) is 0 Å². The van der Waals surface area contributed by atoms with Crippen molar-refractivity contribution in [2.24, 2.45) is 0 Å². The van der Waals surface area contributed by atoms with Gasteiger partial charge in [-0.25, -0.2) is 8.42 Å². The summed E-state index contributed by atoms with van der Waals surface area (Å²) in [6.45, 7) is 4.30. The van der Waals surface area contributed by atoms with Crippen molar-refractivity contribution >= 4 is 15.8 Å². The summed E-state index contributed by atoms with van der Waals surface area (Å²) in [7, 11) is -1.53. The van der Waals surface area contributed by atoms with Crippen molar-refractivity contribution in [1.82, 2.24) is 4.90 Å². The zero-order valence-corrected chi connectivity index (χ0v) is 10.8. The SMILES string of the molecule is COC(=O)CC(C)N1CCS(=O)(=O)CC1C. The molecule has 1 heterocycles. The Bertz CT molecular complexity index is 352. The largest absolute Gasteiger partial charge is 0.469 e. The Labute approximate surface area is 96.7 Å². The quantitative estimate of drug-likeness (QED) is 0.662. The van der Waals surface area contributed by atoms with E-state index in [4.69, 9.17) is 0 Å². The molecule has 2 unspecified atom stereocenters. The van der Waals surface area contributed by atoms with Gasteiger partial charge in [-0.1, -0.05) is 0 Å². The molecule has 1 rings (SSSR count). The van der Waals surface area contributed by atoms with Crippen molar-refractivity contribution in [2.45, 2.75) is 32.4 Å². The van der Waals surface area contributed by atoms with Gasteiger partial charge < -0.3 is 4.74 Å². The topological polar surface area (TPSA) is 63.7 Å². The fraction of sp³-hybridized carbons (Fsp3) is 0.900. The zero-order valence-electron chi connectivity index (χ0n) is 9.97. The van der Waals surface area contributed by atoms with E-state index in [1.165, 1.54) is 7.11 Å². The molecule has 0 aromatic carbocycles. The molecule has 0 aromatic rings. The van der Waals surface area contributed by atoms with Gasteiger partial charge in [0.15, 0.2) is 9.84 Å². The molecule has 2 atom stereocenters. The van der Waals surface area contributed by atoms with Crippen LogP contribution in [0.2, 0.25) is 0 Å². The predicted molar refractivity (Wildman–Crippen MR) is 60.9 cm³/mol. The lowest BCUT2D eigenvalue weighted by Gasteiger charge is -2.37. The minimum absolute atomic E-state index is 0.0259. The Kier molecular flexibility index (Phi) is 4.32. The summed E-state index contributed by atoms with van der Waals surface area (Å²) < 4.78 is 27.4. The fourth-order valence-electron chi connectivity index (χ4n) is 2.11. The highest BCUT2D eigenvalue weighted by Gasteiger charge is 2.31. The molecule has 1 aliphatic heterocycles. The number of ether oxygens (including phenoxy) is 1. The maximum Gasteiger partial charge on any atom is 0.307 e. The van der Waals surface area contributed by atoms with Crippen molar-refractivity contribution < 1.29 is 17.9 Å². The van der Waals surface area contributed by atoms with Crippen LogP contribution in [-0.2, 0) is 19.4 Å². The fourth-order valence-corrected chi connectivity index (χ4v) is 3.69. The Morgan fingerprint density at radius 3 is 2.69 bits per heavy atom. The van der Waals surface area contributed by atoms with E-state index in [-0.39, 0.29) is 29.6 Å². The molecule has 0 N–H and O–H groups in total. The van der Waals surface area contributed by atoms with E-state index in [0.29, 0.717) is 13.0 Å². The van der Waals surface area contributed by atoms with Gasteiger partial charge in [0, 0.05) is 18.6 Å². The number of methoxy groups -OCH3 is 1. The second kappa shape index (κ2) is 5.14. The summed E-state index contributed by atoms with van der Waals surface area (Å²) in [5, 5.41) is 0. The van der Waals surface area contributed by atoms with Crippen molar-refractivity contribution in [1.29, 1.82) is 0 Å². The number of carbonyl (C=O) groups is 1. The highest BCUT2D eigenvalue weighted by molar-refractivity contribution is 7.91. The molecule has 1 fully saturated rings. The average Bonchev–Trinajstić information content (AvgIpc) is 2.15. The first-order chi connectivity index (χ1) is 7.35. The molecule has 5 nitrogen and oxygen atoms in total. The second-order valence-electron chi connectivity index (χ2n) is 4.33. The van der Waals surface area contributed by atoms with Gasteiger partial charge >= 0.3 is 5.97 Å². The number of carbonyl (C=O) groups excluding carboxylic acids is 1. The van der Waals surface area contributed by atoms with Crippen LogP contribution < -0.4 is 0 Å². The van der Waals surface area contributed by atoms with E-state index in [2.05, 4.69) is 9.64 Å². The number of hydrogen-bond acceptors (Lipinski definition) is 5. The van der Waals surface area contributed by atoms with Crippen LogP contribution in [0, 0.1) is 0 Å². The lowest BCUT2D eigenvalue weighted by Crippen LogP contribution is -2.51. The molecule has 0 bridgehead atoms. The Hall–Kier alpha value is -0.620. The summed E-state index contributed by atoms with van der Waals surface area (Å²) in [4.78, 5) is 13.2. The maximum absolute atomic E-state index is 11.4. The van der Waals surface area contributed by atoms with Crippen LogP contribution in [0.1, 0.15) is 20.3 Å². The maximum atomic E-state index is 11.4. The molecule has 6 heteroatoms. The molecule has 1 aliphatic rings. The highest BCUT2D eigenvalue weighted by Crippen LogP contribution is 2.16. The van der Waals surface area contributed by atoms with Gasteiger partial charge in [0.05, 0.1) is 25.0 Å². The number of sulfone groups is 1. The number of esters is 1. The molecule has 0 saturated carbocycles. The lowest BCUT2D eigenvalue weighted by atomic mass is 10.1. The van der Waals surface area contributed by atoms with Gasteiger partial charge in [0.2, 0.25) is 0 Å². The van der Waals surface area contributed by atoms with Crippen molar-refractivity contribution in [3.63, 3.8) is 0 Å². The molecule has 0 amide bonds. The summed E-state index contributed by atoms with van der Waals surface area (Å²) in [6, 6.07) is -0.00337. The molecule has 0 aromatic heterocycles. The molecule has 0 radical (unpaired) electrons. The van der Waals surface area contributed by atoms with Crippen LogP contribution >= 0.6 is 0 Å². The monoisotopic (exact) mass is 249 g/mol. The Balaban J connectivity index is 2.58. The summed E-state index contributed by atoms with van der Waals surface area (Å²) in [6.07, 6.45) is 0.306. The lowest BCUT2D eigenvalue weighted by molar-refractivity contribution is -0.142. The molecule has 94 valence electrons. The minimum atomic E-state index is -2.89. The zero-order chi connectivity index (χ0) is 12.3. The number of rotatable bonds is 3. The van der Waals surface area contributed by atoms with Gasteiger partial charge in [-0.3, -0.25) is 9.69 Å². The van der Waals surface area contributed by atoms with Crippen LogP contribution in [0.5, 0.6) is 0 Å². The van der Waals surface area contributed by atoms with E-state index in [0.717, 1.165) is 0 Å². The standard InChI is InChI=1S/C10H19NO4S/c1-8(6-10(12)15-3)11-4-5-16(13,14)7-9(11)2/h8-9H,4-7H2,1-3H3. The summed E-state index contributed by atoms with van der Waals surface area (Å²) >= 11 is 0. The van der Waals surface area contributed by atoms with Gasteiger partial charge in [-0.2, -0.15) is 0 Å². The second-order valence-corrected chi connectivity index (χ2v) is 6.56. The molecular weight excluding hydrogens is 230 g/mol. The van der Waals surface area contributed by atoms with Gasteiger partial charge in [0.25, 0.3) is 0 Å². The van der Waals surface area contributed by atoms with E-state index < -0.39 is 9.84 Å². The number of nitrogens with zero attached hydrogens (tertiary/aromatic N) is 1. The molecular formula is C10H19NO4S. The Morgan fingerprint density at radius 1 is 1.56 bits per heavy atom. The molecule has 16 heavy (non-hydrogen) atoms. The van der Waals surface area contributed by atoms with Crippen molar-refractivity contribution in [3.05, 3.63) is 0 Å². The summed E-state index contributed by atoms with van der Waals surface area (Å²) in [5.41, 5.74) is 0. The summed E-state index contributed by atoms with van der Waals surface area (Å²) in [5.74, 6) is 0.106. The first-order valence-electron chi connectivity index (χ1n) is 5.38. The van der Waals surface area contributed by atoms with Gasteiger partial charge in [-0.05, 0) is 13.8 Å². The van der Waals surface area contributed by atoms with Gasteiger partial charge in [0.1, 0.15) is 0 Å². The highest BCUT2D eigenvalue weighted by atomic mass is 32.2.